The molecule has 1 unspecified atom stereocenters. The second-order valence-corrected chi connectivity index (χ2v) is 3.35. The zero-order valence-corrected chi connectivity index (χ0v) is 8.37. The molecule has 0 aromatic carbocycles. The number of carbonyl (C=O) groups is 1. The smallest absolute Gasteiger partial charge is 0.312 e. The summed E-state index contributed by atoms with van der Waals surface area (Å²) in [5, 5.41) is 8.67. The number of carboxylic acid groups (broad SMARTS) is 1. The van der Waals surface area contributed by atoms with Crippen molar-refractivity contribution in [3.63, 3.8) is 0 Å². The van der Waals surface area contributed by atoms with Crippen LogP contribution in [-0.2, 0) is 4.79 Å². The molecule has 5 heteroatoms. The van der Waals surface area contributed by atoms with Crippen molar-refractivity contribution in [2.45, 2.75) is 19.8 Å². The number of aromatic nitrogens is 2. The highest BCUT2D eigenvalue weighted by Gasteiger charge is 2.17. The summed E-state index contributed by atoms with van der Waals surface area (Å²) in [4.78, 5) is 14.6. The van der Waals surface area contributed by atoms with Crippen LogP contribution in [0.15, 0.2) is 6.20 Å². The average Bonchev–Trinajstić information content (AvgIpc) is 2.30. The number of hydrogen-bond donors (Lipinski definition) is 1. The predicted octanol–water partition coefficient (Wildman–Crippen LogP) is 1.54. The Kier molecular flexibility index (Phi) is 2.52. The Morgan fingerprint density at radius 2 is 2.42 bits per heavy atom. The highest BCUT2D eigenvalue weighted by atomic mass is 79.9. The number of aryl methyl sites for hydroxylation is 1. The lowest BCUT2D eigenvalue weighted by molar-refractivity contribution is -0.138. The van der Waals surface area contributed by atoms with Crippen LogP contribution in [0.1, 0.15) is 24.4 Å². The van der Waals surface area contributed by atoms with E-state index in [4.69, 9.17) is 5.11 Å². The molecule has 1 aromatic heterocycles. The zero-order valence-electron chi connectivity index (χ0n) is 6.78. The van der Waals surface area contributed by atoms with Gasteiger partial charge in [0, 0.05) is 6.20 Å². The van der Waals surface area contributed by atoms with Crippen molar-refractivity contribution in [1.29, 1.82) is 0 Å². The van der Waals surface area contributed by atoms with Gasteiger partial charge in [0.2, 0.25) is 0 Å². The van der Waals surface area contributed by atoms with Crippen LogP contribution in [0, 0.1) is 6.92 Å². The summed E-state index contributed by atoms with van der Waals surface area (Å²) in [6, 6.07) is 0. The van der Waals surface area contributed by atoms with Crippen molar-refractivity contribution in [2.24, 2.45) is 0 Å². The molecule has 66 valence electrons. The lowest BCUT2D eigenvalue weighted by Gasteiger charge is -1.98. The predicted molar refractivity (Wildman–Crippen MR) is 47.3 cm³/mol. The topological polar surface area (TPSA) is 55.1 Å². The van der Waals surface area contributed by atoms with Gasteiger partial charge in [0.25, 0.3) is 0 Å². The van der Waals surface area contributed by atoms with Gasteiger partial charge in [0.1, 0.15) is 5.82 Å². The molecule has 0 spiro atoms. The normalized spacial score (nSPS) is 12.9. The van der Waals surface area contributed by atoms with Crippen molar-refractivity contribution < 1.29 is 9.90 Å². The molecule has 0 bridgehead atoms. The Labute approximate surface area is 78.6 Å². The third kappa shape index (κ3) is 1.66. The molecule has 1 N–H and O–H groups in total. The van der Waals surface area contributed by atoms with Gasteiger partial charge >= 0.3 is 5.97 Å². The van der Waals surface area contributed by atoms with E-state index in [1.807, 2.05) is 0 Å². The van der Waals surface area contributed by atoms with Gasteiger partial charge in [-0.15, -0.1) is 0 Å². The number of carboxylic acids is 1. The van der Waals surface area contributed by atoms with Crippen LogP contribution in [0.25, 0.3) is 0 Å². The lowest BCUT2D eigenvalue weighted by Crippen LogP contribution is -2.07. The Hall–Kier alpha value is -0.840. The highest BCUT2D eigenvalue weighted by molar-refractivity contribution is 9.08. The second-order valence-electron chi connectivity index (χ2n) is 2.58. The second kappa shape index (κ2) is 3.26. The van der Waals surface area contributed by atoms with E-state index in [1.165, 1.54) is 0 Å². The maximum absolute atomic E-state index is 10.6. The summed E-state index contributed by atoms with van der Waals surface area (Å²) in [5.41, 5.74) is 0.567. The van der Waals surface area contributed by atoms with Crippen molar-refractivity contribution >= 4 is 22.1 Å². The van der Waals surface area contributed by atoms with E-state index in [0.717, 1.165) is 5.82 Å². The highest BCUT2D eigenvalue weighted by Crippen LogP contribution is 2.15. The molecule has 0 radical (unpaired) electrons. The fraction of sp³-hybridized carbons (Fsp3) is 0.429. The van der Waals surface area contributed by atoms with Gasteiger partial charge in [0.15, 0.2) is 0 Å². The summed E-state index contributed by atoms with van der Waals surface area (Å²) >= 11 is 3.19. The summed E-state index contributed by atoms with van der Waals surface area (Å²) < 4.78 is 1.63. The van der Waals surface area contributed by atoms with E-state index >= 15 is 0 Å². The number of rotatable bonds is 2. The largest absolute Gasteiger partial charge is 0.481 e. The first-order valence-electron chi connectivity index (χ1n) is 3.47. The monoisotopic (exact) mass is 232 g/mol. The van der Waals surface area contributed by atoms with Crippen molar-refractivity contribution in [3.8, 4) is 0 Å². The molecule has 0 saturated heterocycles. The standard InChI is InChI=1S/C7H9BrN2O2/c1-4(7(11)12)6-3-10(8)5(2)9-6/h3-4H,1-2H3,(H,11,12). The minimum Gasteiger partial charge on any atom is -0.481 e. The molecule has 0 fully saturated rings. The number of imidazole rings is 1. The maximum atomic E-state index is 10.6. The minimum atomic E-state index is -0.861. The summed E-state index contributed by atoms with van der Waals surface area (Å²) in [6.07, 6.45) is 1.66. The number of halogens is 1. The molecule has 4 nitrogen and oxygen atoms in total. The Morgan fingerprint density at radius 3 is 2.75 bits per heavy atom. The SMILES string of the molecule is Cc1nc(C(C)C(=O)O)cn1Br. The Morgan fingerprint density at radius 1 is 1.83 bits per heavy atom. The maximum Gasteiger partial charge on any atom is 0.312 e. The molecule has 1 rings (SSSR count). The van der Waals surface area contributed by atoms with Crippen LogP contribution in [-0.4, -0.2) is 19.7 Å². The molecule has 0 aliphatic heterocycles. The van der Waals surface area contributed by atoms with E-state index in [9.17, 15) is 4.79 Å². The number of aliphatic carboxylic acids is 1. The van der Waals surface area contributed by atoms with Gasteiger partial charge < -0.3 is 5.11 Å². The van der Waals surface area contributed by atoms with Crippen LogP contribution in [0.5, 0.6) is 0 Å². The van der Waals surface area contributed by atoms with E-state index in [0.29, 0.717) is 5.69 Å². The van der Waals surface area contributed by atoms with E-state index < -0.39 is 11.9 Å². The van der Waals surface area contributed by atoms with Crippen LogP contribution in [0.2, 0.25) is 0 Å². The molecule has 0 saturated carbocycles. The van der Waals surface area contributed by atoms with E-state index in [1.54, 1.807) is 23.6 Å². The summed E-state index contributed by atoms with van der Waals surface area (Å²) in [5.74, 6) is -0.666. The van der Waals surface area contributed by atoms with E-state index in [-0.39, 0.29) is 0 Å². The number of nitrogens with zero attached hydrogens (tertiary/aromatic N) is 2. The van der Waals surface area contributed by atoms with Crippen LogP contribution in [0.4, 0.5) is 0 Å². The fourth-order valence-electron chi connectivity index (χ4n) is 0.808. The molecule has 1 aromatic rings. The zero-order chi connectivity index (χ0) is 9.30. The van der Waals surface area contributed by atoms with Gasteiger partial charge in [-0.1, -0.05) is 0 Å². The molecule has 1 atom stereocenters. The molecular formula is C7H9BrN2O2. The average molecular weight is 233 g/mol. The first kappa shape index (κ1) is 9.25. The van der Waals surface area contributed by atoms with Crippen molar-refractivity contribution in [1.82, 2.24) is 8.58 Å². The summed E-state index contributed by atoms with van der Waals surface area (Å²) in [7, 11) is 0. The van der Waals surface area contributed by atoms with Gasteiger partial charge in [-0.3, -0.25) is 8.39 Å². The van der Waals surface area contributed by atoms with Crippen LogP contribution >= 0.6 is 16.1 Å². The minimum absolute atomic E-state index is 0.553. The lowest BCUT2D eigenvalue weighted by atomic mass is 10.1. The number of hydrogen-bond acceptors (Lipinski definition) is 2. The van der Waals surface area contributed by atoms with E-state index in [2.05, 4.69) is 21.1 Å². The first-order valence-corrected chi connectivity index (χ1v) is 4.18. The molecule has 0 aliphatic rings. The van der Waals surface area contributed by atoms with Crippen molar-refractivity contribution in [3.05, 3.63) is 17.7 Å². The first-order chi connectivity index (χ1) is 5.52. The molecular weight excluding hydrogens is 224 g/mol. The van der Waals surface area contributed by atoms with Crippen LogP contribution in [0.3, 0.4) is 0 Å². The molecule has 1 heterocycles. The van der Waals surface area contributed by atoms with Gasteiger partial charge in [0.05, 0.1) is 27.8 Å². The molecule has 0 aliphatic carbocycles. The third-order valence-electron chi connectivity index (χ3n) is 1.66. The summed E-state index contributed by atoms with van der Waals surface area (Å²) in [6.45, 7) is 3.41. The third-order valence-corrected chi connectivity index (χ3v) is 2.38. The van der Waals surface area contributed by atoms with Gasteiger partial charge in [-0.25, -0.2) is 4.98 Å². The fourth-order valence-corrected chi connectivity index (χ4v) is 1.10. The Balaban J connectivity index is 2.96. The van der Waals surface area contributed by atoms with Gasteiger partial charge in [-0.05, 0) is 13.8 Å². The van der Waals surface area contributed by atoms with Crippen LogP contribution < -0.4 is 0 Å². The van der Waals surface area contributed by atoms with Gasteiger partial charge in [-0.2, -0.15) is 0 Å². The molecule has 12 heavy (non-hydrogen) atoms. The van der Waals surface area contributed by atoms with Crippen molar-refractivity contribution in [2.75, 3.05) is 0 Å². The molecule has 0 amide bonds. The Bertz CT molecular complexity index is 289. The quantitative estimate of drug-likeness (QED) is 0.842.